The van der Waals surface area contributed by atoms with E-state index in [1.165, 1.54) is 0 Å². The van der Waals surface area contributed by atoms with Gasteiger partial charge in [-0.3, -0.25) is 0 Å². The number of para-hydroxylation sites is 1. The Kier molecular flexibility index (Phi) is 3.85. The number of fused-ring (bicyclic) bond motifs is 3. The summed E-state index contributed by atoms with van der Waals surface area (Å²) in [5.74, 6) is 0.442. The van der Waals surface area contributed by atoms with Gasteiger partial charge in [0.25, 0.3) is 0 Å². The van der Waals surface area contributed by atoms with Gasteiger partial charge < -0.3 is 10.2 Å². The highest BCUT2D eigenvalue weighted by atomic mass is 35.5. The molecule has 0 bridgehead atoms. The number of aromatic nitrogens is 1. The minimum atomic E-state index is 0.214. The van der Waals surface area contributed by atoms with Crippen molar-refractivity contribution in [2.75, 3.05) is 0 Å². The lowest BCUT2D eigenvalue weighted by atomic mass is 9.95. The van der Waals surface area contributed by atoms with Crippen LogP contribution < -0.4 is 0 Å². The molecule has 0 spiro atoms. The first-order valence-corrected chi connectivity index (χ1v) is 9.38. The average Bonchev–Trinajstić information content (AvgIpc) is 3.06. The Bertz CT molecular complexity index is 1230. The summed E-state index contributed by atoms with van der Waals surface area (Å²) in [6.07, 6.45) is 0.706. The lowest BCUT2D eigenvalue weighted by Gasteiger charge is -2.13. The third-order valence-corrected chi connectivity index (χ3v) is 5.39. The predicted octanol–water partition coefficient (Wildman–Crippen LogP) is 6.05. The number of aromatic hydroxyl groups is 2. The van der Waals surface area contributed by atoms with Crippen LogP contribution in [-0.2, 0) is 6.42 Å². The number of hydrogen-bond acceptors (Lipinski definition) is 3. The van der Waals surface area contributed by atoms with Gasteiger partial charge in [-0.1, -0.05) is 48.0 Å². The van der Waals surface area contributed by atoms with E-state index < -0.39 is 0 Å². The number of halogens is 1. The van der Waals surface area contributed by atoms with Crippen molar-refractivity contribution in [3.8, 4) is 45.1 Å². The molecule has 0 amide bonds. The minimum absolute atomic E-state index is 0.214. The van der Waals surface area contributed by atoms with Gasteiger partial charge >= 0.3 is 0 Å². The van der Waals surface area contributed by atoms with E-state index >= 15 is 0 Å². The Morgan fingerprint density at radius 3 is 2.46 bits per heavy atom. The Balaban J connectivity index is 1.82. The van der Waals surface area contributed by atoms with Gasteiger partial charge in [-0.2, -0.15) is 0 Å². The summed E-state index contributed by atoms with van der Waals surface area (Å²) < 4.78 is 0. The van der Waals surface area contributed by atoms with Crippen molar-refractivity contribution >= 4 is 11.6 Å². The SMILES string of the molecule is Oc1ccc2c(c1)-c1nc(-c3cccc(Cl)c3)cc(-c3ccccc3O)c1C2. The molecule has 1 heterocycles. The molecule has 0 atom stereocenters. The van der Waals surface area contributed by atoms with E-state index in [0.29, 0.717) is 11.4 Å². The second-order valence-electron chi connectivity index (χ2n) is 6.93. The summed E-state index contributed by atoms with van der Waals surface area (Å²) in [6.45, 7) is 0. The molecule has 0 saturated heterocycles. The Morgan fingerprint density at radius 1 is 0.786 bits per heavy atom. The molecule has 3 aromatic carbocycles. The fourth-order valence-electron chi connectivity index (χ4n) is 3.84. The molecule has 0 saturated carbocycles. The maximum Gasteiger partial charge on any atom is 0.123 e. The molecule has 0 fully saturated rings. The van der Waals surface area contributed by atoms with Crippen LogP contribution in [0, 0.1) is 0 Å². The molecule has 4 aromatic rings. The van der Waals surface area contributed by atoms with Gasteiger partial charge in [-0.25, -0.2) is 4.98 Å². The molecular formula is C24H16ClNO2. The molecule has 1 aromatic heterocycles. The Labute approximate surface area is 167 Å². The molecule has 0 radical (unpaired) electrons. The van der Waals surface area contributed by atoms with Gasteiger partial charge in [0.05, 0.1) is 11.4 Å². The van der Waals surface area contributed by atoms with Crippen LogP contribution >= 0.6 is 11.6 Å². The summed E-state index contributed by atoms with van der Waals surface area (Å²) >= 11 is 6.20. The van der Waals surface area contributed by atoms with Crippen LogP contribution in [0.3, 0.4) is 0 Å². The van der Waals surface area contributed by atoms with Crippen molar-refractivity contribution in [1.29, 1.82) is 0 Å². The maximum atomic E-state index is 10.5. The van der Waals surface area contributed by atoms with Gasteiger partial charge in [-0.05, 0) is 53.1 Å². The van der Waals surface area contributed by atoms with Crippen LogP contribution in [0.25, 0.3) is 33.6 Å². The van der Waals surface area contributed by atoms with Crippen molar-refractivity contribution < 1.29 is 10.2 Å². The number of pyridine rings is 1. The summed E-state index contributed by atoms with van der Waals surface area (Å²) in [6, 6.07) is 22.3. The van der Waals surface area contributed by atoms with E-state index in [1.54, 1.807) is 18.2 Å². The summed E-state index contributed by atoms with van der Waals surface area (Å²) in [4.78, 5) is 4.91. The molecule has 1 aliphatic rings. The fraction of sp³-hybridized carbons (Fsp3) is 0.0417. The molecule has 0 unspecified atom stereocenters. The van der Waals surface area contributed by atoms with Crippen LogP contribution in [0.1, 0.15) is 11.1 Å². The quantitative estimate of drug-likeness (QED) is 0.389. The molecule has 5 rings (SSSR count). The molecule has 1 aliphatic carbocycles. The zero-order valence-electron chi connectivity index (χ0n) is 14.9. The number of phenolic OH excluding ortho intramolecular Hbond substituents is 2. The first-order valence-electron chi connectivity index (χ1n) is 9.00. The van der Waals surface area contributed by atoms with Crippen LogP contribution in [-0.4, -0.2) is 15.2 Å². The topological polar surface area (TPSA) is 53.4 Å². The predicted molar refractivity (Wildman–Crippen MR) is 112 cm³/mol. The highest BCUT2D eigenvalue weighted by molar-refractivity contribution is 6.30. The number of hydrogen-bond donors (Lipinski definition) is 2. The number of benzene rings is 3. The molecule has 2 N–H and O–H groups in total. The van der Waals surface area contributed by atoms with E-state index in [0.717, 1.165) is 44.8 Å². The largest absolute Gasteiger partial charge is 0.508 e. The van der Waals surface area contributed by atoms with Gasteiger partial charge in [0, 0.05) is 28.1 Å². The number of phenols is 2. The minimum Gasteiger partial charge on any atom is -0.508 e. The molecule has 0 aliphatic heterocycles. The van der Waals surface area contributed by atoms with Gasteiger partial charge in [0.2, 0.25) is 0 Å². The highest BCUT2D eigenvalue weighted by Gasteiger charge is 2.26. The summed E-state index contributed by atoms with van der Waals surface area (Å²) in [7, 11) is 0. The lowest BCUT2D eigenvalue weighted by Crippen LogP contribution is -1.95. The second kappa shape index (κ2) is 6.39. The molecule has 4 heteroatoms. The van der Waals surface area contributed by atoms with Crippen molar-refractivity contribution in [2.24, 2.45) is 0 Å². The van der Waals surface area contributed by atoms with Crippen LogP contribution in [0.2, 0.25) is 5.02 Å². The zero-order valence-corrected chi connectivity index (χ0v) is 15.6. The van der Waals surface area contributed by atoms with Gasteiger partial charge in [0.15, 0.2) is 0 Å². The summed E-state index contributed by atoms with van der Waals surface area (Å²) in [5, 5.41) is 21.1. The van der Waals surface area contributed by atoms with Gasteiger partial charge in [0.1, 0.15) is 11.5 Å². The molecular weight excluding hydrogens is 370 g/mol. The van der Waals surface area contributed by atoms with Crippen molar-refractivity contribution in [3.63, 3.8) is 0 Å². The Morgan fingerprint density at radius 2 is 1.64 bits per heavy atom. The fourth-order valence-corrected chi connectivity index (χ4v) is 4.03. The van der Waals surface area contributed by atoms with E-state index in [-0.39, 0.29) is 11.5 Å². The van der Waals surface area contributed by atoms with E-state index in [1.807, 2.05) is 54.6 Å². The average molecular weight is 386 g/mol. The van der Waals surface area contributed by atoms with Gasteiger partial charge in [-0.15, -0.1) is 0 Å². The zero-order chi connectivity index (χ0) is 19.3. The normalized spacial score (nSPS) is 11.9. The molecule has 28 heavy (non-hydrogen) atoms. The highest BCUT2D eigenvalue weighted by Crippen LogP contribution is 2.45. The van der Waals surface area contributed by atoms with Crippen molar-refractivity contribution in [2.45, 2.75) is 6.42 Å². The first-order chi connectivity index (χ1) is 13.6. The standard InChI is InChI=1S/C24H16ClNO2/c25-16-5-3-4-15(10-16)22-13-20(18-6-1-2-7-23(18)28)21-11-14-8-9-17(27)12-19(14)24(21)26-22/h1-10,12-13,27-28H,11H2. The maximum absolute atomic E-state index is 10.5. The molecule has 136 valence electrons. The number of nitrogens with zero attached hydrogens (tertiary/aromatic N) is 1. The van der Waals surface area contributed by atoms with Crippen LogP contribution in [0.5, 0.6) is 11.5 Å². The second-order valence-corrected chi connectivity index (χ2v) is 7.36. The third kappa shape index (κ3) is 2.72. The molecule has 3 nitrogen and oxygen atoms in total. The third-order valence-electron chi connectivity index (χ3n) is 5.15. The number of rotatable bonds is 2. The van der Waals surface area contributed by atoms with E-state index in [2.05, 4.69) is 0 Å². The first kappa shape index (κ1) is 16.8. The van der Waals surface area contributed by atoms with Crippen LogP contribution in [0.4, 0.5) is 0 Å². The van der Waals surface area contributed by atoms with Crippen molar-refractivity contribution in [3.05, 3.63) is 88.9 Å². The van der Waals surface area contributed by atoms with Crippen LogP contribution in [0.15, 0.2) is 72.8 Å². The van der Waals surface area contributed by atoms with E-state index in [9.17, 15) is 10.2 Å². The van der Waals surface area contributed by atoms with E-state index in [4.69, 9.17) is 16.6 Å². The monoisotopic (exact) mass is 385 g/mol. The summed E-state index contributed by atoms with van der Waals surface area (Å²) in [5.41, 5.74) is 7.30. The smallest absolute Gasteiger partial charge is 0.123 e. The lowest BCUT2D eigenvalue weighted by molar-refractivity contribution is 0.475. The van der Waals surface area contributed by atoms with Crippen molar-refractivity contribution in [1.82, 2.24) is 4.98 Å². The Hall–Kier alpha value is -3.30.